The van der Waals surface area contributed by atoms with Gasteiger partial charge in [-0.2, -0.15) is 0 Å². The van der Waals surface area contributed by atoms with Gasteiger partial charge in [-0.1, -0.05) is 158 Å². The number of hydrogen-bond donors (Lipinski definition) is 0. The van der Waals surface area contributed by atoms with Gasteiger partial charge in [0.05, 0.1) is 38.6 Å². The molecular formula is C54H104N2O8Si2. The predicted molar refractivity (Wildman–Crippen MR) is 283 cm³/mol. The molecule has 10 nitrogen and oxygen atoms in total. The summed E-state index contributed by atoms with van der Waals surface area (Å²) in [6.07, 6.45) is 24.3. The quantitative estimate of drug-likeness (QED) is 0.0276. The van der Waals surface area contributed by atoms with Crippen LogP contribution < -0.4 is 14.2 Å². The number of unbranched alkanes of at least 4 members (excludes halogenated alkanes) is 14. The molecule has 0 spiro atoms. The Balaban J connectivity index is 3.41. The zero-order chi connectivity index (χ0) is 49.8. The fourth-order valence-corrected chi connectivity index (χ4v) is 10.5. The summed E-state index contributed by atoms with van der Waals surface area (Å²) in [5.41, 5.74) is 0.270. The van der Waals surface area contributed by atoms with Crippen LogP contribution >= 0.6 is 0 Å². The molecule has 0 heterocycles. The van der Waals surface area contributed by atoms with Gasteiger partial charge in [-0.05, 0) is 94.7 Å². The molecule has 0 aliphatic carbocycles. The molecule has 0 bridgehead atoms. The Kier molecular flexibility index (Phi) is 30.8. The van der Waals surface area contributed by atoms with Crippen molar-refractivity contribution in [2.45, 2.75) is 239 Å². The van der Waals surface area contributed by atoms with Crippen molar-refractivity contribution < 1.29 is 37.4 Å². The standard InChI is InChI=1S/C54H104N2O8Si2/c1-17-19-21-23-25-27-29-31-35-46(63-65(13,14)53(3,4)5)43-56(44-47(64-66(15,16)54(6,7)8)36-32-30-28-26-24-22-20-18-2)39-33-37-50(57)62-51-48(59-11)41-45(42-49(51)60-12)52(58)61-40-34-38-55(9)10/h41-42,46-47H,17-40,43-44H2,1-16H3. The van der Waals surface area contributed by atoms with Gasteiger partial charge in [0.15, 0.2) is 28.1 Å². The molecule has 12 heteroatoms. The number of carbonyl (C=O) groups is 2. The van der Waals surface area contributed by atoms with Crippen molar-refractivity contribution in [3.05, 3.63) is 17.7 Å². The smallest absolute Gasteiger partial charge is 0.338 e. The average Bonchev–Trinajstić information content (AvgIpc) is 3.22. The van der Waals surface area contributed by atoms with Crippen LogP contribution in [0.2, 0.25) is 36.3 Å². The van der Waals surface area contributed by atoms with Gasteiger partial charge in [0, 0.05) is 26.1 Å². The zero-order valence-corrected chi connectivity index (χ0v) is 47.9. The van der Waals surface area contributed by atoms with Crippen molar-refractivity contribution in [1.29, 1.82) is 0 Å². The second-order valence-electron chi connectivity index (χ2n) is 22.4. The van der Waals surface area contributed by atoms with E-state index in [-0.39, 0.29) is 57.5 Å². The summed E-state index contributed by atoms with van der Waals surface area (Å²) in [6, 6.07) is 3.09. The predicted octanol–water partition coefficient (Wildman–Crippen LogP) is 14.6. The minimum atomic E-state index is -2.09. The van der Waals surface area contributed by atoms with E-state index in [1.807, 2.05) is 19.0 Å². The minimum Gasteiger partial charge on any atom is -0.493 e. The van der Waals surface area contributed by atoms with E-state index < -0.39 is 22.6 Å². The van der Waals surface area contributed by atoms with Gasteiger partial charge in [0.2, 0.25) is 5.75 Å². The number of nitrogens with zero attached hydrogens (tertiary/aromatic N) is 2. The molecule has 0 aliphatic heterocycles. The van der Waals surface area contributed by atoms with Gasteiger partial charge in [-0.25, -0.2) is 4.79 Å². The number of carbonyl (C=O) groups excluding carboxylic acids is 2. The Morgan fingerprint density at radius 2 is 1.00 bits per heavy atom. The van der Waals surface area contributed by atoms with Crippen molar-refractivity contribution in [1.82, 2.24) is 9.80 Å². The topological polar surface area (TPSA) is 96.0 Å². The molecule has 0 fully saturated rings. The van der Waals surface area contributed by atoms with Crippen LogP contribution in [0.5, 0.6) is 17.2 Å². The van der Waals surface area contributed by atoms with Gasteiger partial charge in [0.1, 0.15) is 0 Å². The van der Waals surface area contributed by atoms with Crippen molar-refractivity contribution in [3.8, 4) is 17.2 Å². The van der Waals surface area contributed by atoms with Gasteiger partial charge < -0.3 is 32.7 Å². The third-order valence-corrected chi connectivity index (χ3v) is 23.0. The van der Waals surface area contributed by atoms with E-state index in [9.17, 15) is 9.59 Å². The second-order valence-corrected chi connectivity index (χ2v) is 31.9. The summed E-state index contributed by atoms with van der Waals surface area (Å²) < 4.78 is 37.4. The first kappa shape index (κ1) is 62.0. The van der Waals surface area contributed by atoms with Crippen molar-refractivity contribution in [2.75, 3.05) is 61.1 Å². The summed E-state index contributed by atoms with van der Waals surface area (Å²) >= 11 is 0. The average molecular weight is 966 g/mol. The number of rotatable bonds is 38. The van der Waals surface area contributed by atoms with Crippen LogP contribution in [0, 0.1) is 0 Å². The third kappa shape index (κ3) is 25.6. The highest BCUT2D eigenvalue weighted by molar-refractivity contribution is 6.74. The molecule has 2 unspecified atom stereocenters. The summed E-state index contributed by atoms with van der Waals surface area (Å²) in [7, 11) is 2.77. The van der Waals surface area contributed by atoms with E-state index in [2.05, 4.69) is 86.5 Å². The van der Waals surface area contributed by atoms with E-state index in [1.54, 1.807) is 12.1 Å². The first-order valence-corrected chi connectivity index (χ1v) is 32.2. The molecular weight excluding hydrogens is 861 g/mol. The van der Waals surface area contributed by atoms with Gasteiger partial charge in [0.25, 0.3) is 0 Å². The van der Waals surface area contributed by atoms with Crippen LogP contribution in [0.25, 0.3) is 0 Å². The molecule has 0 saturated carbocycles. The van der Waals surface area contributed by atoms with Gasteiger partial charge in [-0.15, -0.1) is 0 Å². The first-order chi connectivity index (χ1) is 31.0. The largest absolute Gasteiger partial charge is 0.493 e. The second kappa shape index (κ2) is 32.8. The summed E-state index contributed by atoms with van der Waals surface area (Å²) in [6.45, 7) is 31.5. The van der Waals surface area contributed by atoms with Crippen molar-refractivity contribution in [2.24, 2.45) is 0 Å². The minimum absolute atomic E-state index is 0.0934. The maximum atomic E-state index is 13.7. The molecule has 1 aromatic rings. The number of hydrogen-bond acceptors (Lipinski definition) is 10. The Bertz CT molecular complexity index is 1380. The van der Waals surface area contributed by atoms with Crippen LogP contribution in [0.15, 0.2) is 12.1 Å². The lowest BCUT2D eigenvalue weighted by Gasteiger charge is -2.42. The highest BCUT2D eigenvalue weighted by Crippen LogP contribution is 2.41. The van der Waals surface area contributed by atoms with Crippen molar-refractivity contribution in [3.63, 3.8) is 0 Å². The molecule has 1 aromatic carbocycles. The van der Waals surface area contributed by atoms with Crippen LogP contribution in [0.3, 0.4) is 0 Å². The SMILES string of the molecule is CCCCCCCCCCC(CN(CCCC(=O)Oc1c(OC)cc(C(=O)OCCCN(C)C)cc1OC)CC(CCCCCCCCCC)O[Si](C)(C)C(C)(C)C)O[Si](C)(C)C(C)(C)C. The number of methoxy groups -OCH3 is 2. The highest BCUT2D eigenvalue weighted by atomic mass is 28.4. The van der Waals surface area contributed by atoms with Crippen LogP contribution in [-0.2, 0) is 18.4 Å². The highest BCUT2D eigenvalue weighted by Gasteiger charge is 2.41. The van der Waals surface area contributed by atoms with Gasteiger partial charge in [-0.3, -0.25) is 9.69 Å². The third-order valence-electron chi connectivity index (χ3n) is 14.0. The number of esters is 2. The molecule has 0 saturated heterocycles. The lowest BCUT2D eigenvalue weighted by atomic mass is 10.0. The summed E-state index contributed by atoms with van der Waals surface area (Å²) in [4.78, 5) is 31.3. The Labute approximate surface area is 408 Å². The maximum Gasteiger partial charge on any atom is 0.338 e. The van der Waals surface area contributed by atoms with Crippen LogP contribution in [-0.4, -0.2) is 112 Å². The Hall–Kier alpha value is -1.97. The fraction of sp³-hybridized carbons (Fsp3) is 0.852. The van der Waals surface area contributed by atoms with E-state index in [4.69, 9.17) is 27.8 Å². The normalized spacial score (nSPS) is 13.6. The maximum absolute atomic E-state index is 13.7. The molecule has 386 valence electrons. The van der Waals surface area contributed by atoms with E-state index in [0.29, 0.717) is 26.0 Å². The molecule has 66 heavy (non-hydrogen) atoms. The van der Waals surface area contributed by atoms with E-state index in [1.165, 1.54) is 104 Å². The summed E-state index contributed by atoms with van der Waals surface area (Å²) in [5, 5.41) is 0.187. The zero-order valence-electron chi connectivity index (χ0n) is 45.9. The van der Waals surface area contributed by atoms with Gasteiger partial charge >= 0.3 is 11.9 Å². The number of benzene rings is 1. The van der Waals surface area contributed by atoms with E-state index in [0.717, 1.165) is 45.3 Å². The monoisotopic (exact) mass is 965 g/mol. The molecule has 0 amide bonds. The molecule has 0 aromatic heterocycles. The van der Waals surface area contributed by atoms with E-state index >= 15 is 0 Å². The van der Waals surface area contributed by atoms with Crippen LogP contribution in [0.4, 0.5) is 0 Å². The lowest BCUT2D eigenvalue weighted by Crippen LogP contribution is -2.50. The molecule has 0 N–H and O–H groups in total. The van der Waals surface area contributed by atoms with Crippen molar-refractivity contribution >= 4 is 28.6 Å². The number of ether oxygens (including phenoxy) is 4. The lowest BCUT2D eigenvalue weighted by molar-refractivity contribution is -0.134. The van der Waals surface area contributed by atoms with Crippen LogP contribution in [0.1, 0.15) is 201 Å². The first-order valence-electron chi connectivity index (χ1n) is 26.4. The molecule has 1 rings (SSSR count). The summed E-state index contributed by atoms with van der Waals surface area (Å²) in [5.74, 6) is -0.232. The fourth-order valence-electron chi connectivity index (χ4n) is 7.75. The Morgan fingerprint density at radius 1 is 0.591 bits per heavy atom. The molecule has 2 atom stereocenters. The molecule has 0 radical (unpaired) electrons. The Morgan fingerprint density at radius 3 is 1.38 bits per heavy atom. The molecule has 0 aliphatic rings.